The molecule has 1 aliphatic carbocycles. The van der Waals surface area contributed by atoms with Crippen molar-refractivity contribution in [3.63, 3.8) is 0 Å². The lowest BCUT2D eigenvalue weighted by atomic mass is 9.78. The van der Waals surface area contributed by atoms with Gasteiger partial charge in [0.2, 0.25) is 11.8 Å². The van der Waals surface area contributed by atoms with E-state index in [9.17, 15) is 9.59 Å². The van der Waals surface area contributed by atoms with E-state index in [1.807, 2.05) is 0 Å². The first-order valence-corrected chi connectivity index (χ1v) is 8.96. The molecule has 5 heteroatoms. The summed E-state index contributed by atoms with van der Waals surface area (Å²) in [6.45, 7) is 3.11. The third kappa shape index (κ3) is 3.45. The Hall–Kier alpha value is -1.10. The third-order valence-corrected chi connectivity index (χ3v) is 5.91. The van der Waals surface area contributed by atoms with Crippen molar-refractivity contribution < 1.29 is 9.59 Å². The van der Waals surface area contributed by atoms with Crippen molar-refractivity contribution >= 4 is 11.8 Å². The first-order valence-electron chi connectivity index (χ1n) is 8.96. The molecule has 0 spiro atoms. The van der Waals surface area contributed by atoms with E-state index < -0.39 is 0 Å². The van der Waals surface area contributed by atoms with Crippen molar-refractivity contribution in [2.24, 2.45) is 17.6 Å². The smallest absolute Gasteiger partial charge is 0.237 e. The number of primary amides is 1. The van der Waals surface area contributed by atoms with Crippen molar-refractivity contribution in [2.75, 3.05) is 26.2 Å². The molecule has 3 aliphatic rings. The number of nitrogens with two attached hydrogens (primary N) is 1. The monoisotopic (exact) mass is 307 g/mol. The summed E-state index contributed by atoms with van der Waals surface area (Å²) in [6.07, 6.45) is 9.18. The summed E-state index contributed by atoms with van der Waals surface area (Å²) in [5, 5.41) is 0. The van der Waals surface area contributed by atoms with E-state index in [-0.39, 0.29) is 11.8 Å². The van der Waals surface area contributed by atoms with Gasteiger partial charge in [-0.25, -0.2) is 0 Å². The summed E-state index contributed by atoms with van der Waals surface area (Å²) in [7, 11) is 0. The molecule has 2 N–H and O–H groups in total. The number of piperidine rings is 2. The molecule has 1 saturated carbocycles. The molecule has 22 heavy (non-hydrogen) atoms. The van der Waals surface area contributed by atoms with E-state index in [1.165, 1.54) is 32.1 Å². The number of nitrogens with zero attached hydrogens (tertiary/aromatic N) is 2. The Morgan fingerprint density at radius 3 is 2.32 bits per heavy atom. The highest BCUT2D eigenvalue weighted by atomic mass is 16.2. The first kappa shape index (κ1) is 15.8. The summed E-state index contributed by atoms with van der Waals surface area (Å²) >= 11 is 0. The summed E-state index contributed by atoms with van der Waals surface area (Å²) in [5.41, 5.74) is 5.37. The highest BCUT2D eigenvalue weighted by Crippen LogP contribution is 2.35. The van der Waals surface area contributed by atoms with Gasteiger partial charge in [-0.15, -0.1) is 0 Å². The molecule has 0 unspecified atom stereocenters. The SMILES string of the molecule is NC(=O)C1CCN(CC(=O)N2CCC[C@H]3CCCC[C@@H]32)CC1. The number of fused-ring (bicyclic) bond motifs is 1. The number of rotatable bonds is 3. The van der Waals surface area contributed by atoms with Crippen molar-refractivity contribution in [2.45, 2.75) is 57.4 Å². The van der Waals surface area contributed by atoms with E-state index >= 15 is 0 Å². The summed E-state index contributed by atoms with van der Waals surface area (Å²) in [6, 6.07) is 0.498. The second kappa shape index (κ2) is 6.99. The maximum atomic E-state index is 12.7. The minimum atomic E-state index is -0.188. The Balaban J connectivity index is 1.52. The van der Waals surface area contributed by atoms with Crippen LogP contribution in [-0.2, 0) is 9.59 Å². The Labute approximate surface area is 133 Å². The fourth-order valence-corrected chi connectivity index (χ4v) is 4.59. The summed E-state index contributed by atoms with van der Waals surface area (Å²) in [5.74, 6) is 0.859. The van der Waals surface area contributed by atoms with Gasteiger partial charge in [0.05, 0.1) is 6.54 Å². The fraction of sp³-hybridized carbons (Fsp3) is 0.882. The Morgan fingerprint density at radius 1 is 0.909 bits per heavy atom. The van der Waals surface area contributed by atoms with Crippen LogP contribution in [0.5, 0.6) is 0 Å². The van der Waals surface area contributed by atoms with E-state index in [0.29, 0.717) is 18.5 Å². The zero-order valence-electron chi connectivity index (χ0n) is 13.5. The lowest BCUT2D eigenvalue weighted by molar-refractivity contribution is -0.139. The minimum absolute atomic E-state index is 0.00376. The molecule has 3 fully saturated rings. The maximum absolute atomic E-state index is 12.7. The van der Waals surface area contributed by atoms with Crippen LogP contribution in [0, 0.1) is 11.8 Å². The molecular weight excluding hydrogens is 278 g/mol. The molecule has 2 aliphatic heterocycles. The zero-order valence-corrected chi connectivity index (χ0v) is 13.5. The lowest BCUT2D eigenvalue weighted by Gasteiger charge is -2.45. The Morgan fingerprint density at radius 2 is 1.59 bits per heavy atom. The van der Waals surface area contributed by atoms with Gasteiger partial charge >= 0.3 is 0 Å². The number of amides is 2. The van der Waals surface area contributed by atoms with Crippen LogP contribution in [0.15, 0.2) is 0 Å². The van der Waals surface area contributed by atoms with Gasteiger partial charge in [0, 0.05) is 18.5 Å². The Bertz CT molecular complexity index is 416. The standard InChI is InChI=1S/C17H29N3O2/c18-17(22)14-7-10-19(11-8-14)12-16(21)20-9-3-5-13-4-1-2-6-15(13)20/h13-15H,1-12H2,(H2,18,22)/t13-,15+/m1/s1. The molecule has 2 saturated heterocycles. The van der Waals surface area contributed by atoms with Gasteiger partial charge in [0.25, 0.3) is 0 Å². The topological polar surface area (TPSA) is 66.6 Å². The van der Waals surface area contributed by atoms with Crippen LogP contribution in [0.2, 0.25) is 0 Å². The van der Waals surface area contributed by atoms with E-state index in [2.05, 4.69) is 9.80 Å². The predicted molar refractivity (Wildman–Crippen MR) is 85.1 cm³/mol. The van der Waals surface area contributed by atoms with Crippen molar-refractivity contribution in [1.29, 1.82) is 0 Å². The zero-order chi connectivity index (χ0) is 15.5. The average Bonchev–Trinajstić information content (AvgIpc) is 2.54. The summed E-state index contributed by atoms with van der Waals surface area (Å²) < 4.78 is 0. The average molecular weight is 307 g/mol. The van der Waals surface area contributed by atoms with Gasteiger partial charge in [-0.3, -0.25) is 14.5 Å². The van der Waals surface area contributed by atoms with Gasteiger partial charge in [-0.1, -0.05) is 12.8 Å². The highest BCUT2D eigenvalue weighted by Gasteiger charge is 2.36. The number of carbonyl (C=O) groups excluding carboxylic acids is 2. The number of hydrogen-bond acceptors (Lipinski definition) is 3. The molecule has 0 aromatic heterocycles. The molecule has 3 rings (SSSR count). The molecular formula is C17H29N3O2. The van der Waals surface area contributed by atoms with Gasteiger partial charge in [0.15, 0.2) is 0 Å². The predicted octanol–water partition coefficient (Wildman–Crippen LogP) is 1.36. The first-order chi connectivity index (χ1) is 10.6. The van der Waals surface area contributed by atoms with Crippen LogP contribution in [0.3, 0.4) is 0 Å². The van der Waals surface area contributed by atoms with E-state index in [0.717, 1.165) is 44.8 Å². The number of hydrogen-bond donors (Lipinski definition) is 1. The van der Waals surface area contributed by atoms with Gasteiger partial charge < -0.3 is 10.6 Å². The van der Waals surface area contributed by atoms with Gasteiger partial charge in [-0.05, 0) is 57.5 Å². The Kier molecular flexibility index (Phi) is 5.01. The second-order valence-corrected chi connectivity index (χ2v) is 7.29. The van der Waals surface area contributed by atoms with Crippen molar-refractivity contribution in [1.82, 2.24) is 9.80 Å². The summed E-state index contributed by atoms with van der Waals surface area (Å²) in [4.78, 5) is 28.3. The fourth-order valence-electron chi connectivity index (χ4n) is 4.59. The molecule has 0 aromatic carbocycles. The van der Waals surface area contributed by atoms with Crippen LogP contribution < -0.4 is 5.73 Å². The molecule has 5 nitrogen and oxygen atoms in total. The molecule has 0 bridgehead atoms. The maximum Gasteiger partial charge on any atom is 0.237 e. The van der Waals surface area contributed by atoms with Crippen LogP contribution in [0.25, 0.3) is 0 Å². The molecule has 124 valence electrons. The van der Waals surface area contributed by atoms with Crippen LogP contribution >= 0.6 is 0 Å². The highest BCUT2D eigenvalue weighted by molar-refractivity contribution is 5.79. The number of likely N-dealkylation sites (tertiary alicyclic amines) is 2. The van der Waals surface area contributed by atoms with Gasteiger partial charge in [0.1, 0.15) is 0 Å². The van der Waals surface area contributed by atoms with Crippen LogP contribution in [0.1, 0.15) is 51.4 Å². The lowest BCUT2D eigenvalue weighted by Crippen LogP contribution is -2.53. The molecule has 2 heterocycles. The van der Waals surface area contributed by atoms with Crippen molar-refractivity contribution in [3.05, 3.63) is 0 Å². The van der Waals surface area contributed by atoms with Crippen LogP contribution in [-0.4, -0.2) is 53.8 Å². The van der Waals surface area contributed by atoms with Crippen molar-refractivity contribution in [3.8, 4) is 0 Å². The van der Waals surface area contributed by atoms with E-state index in [1.54, 1.807) is 0 Å². The molecule has 2 atom stereocenters. The quantitative estimate of drug-likeness (QED) is 0.856. The minimum Gasteiger partial charge on any atom is -0.369 e. The molecule has 0 aromatic rings. The third-order valence-electron chi connectivity index (χ3n) is 5.91. The van der Waals surface area contributed by atoms with Gasteiger partial charge in [-0.2, -0.15) is 0 Å². The normalized spacial score (nSPS) is 30.8. The molecule has 2 amide bonds. The van der Waals surface area contributed by atoms with Crippen LogP contribution in [0.4, 0.5) is 0 Å². The second-order valence-electron chi connectivity index (χ2n) is 7.29. The largest absolute Gasteiger partial charge is 0.369 e. The number of carbonyl (C=O) groups is 2. The molecule has 0 radical (unpaired) electrons. The van der Waals surface area contributed by atoms with E-state index in [4.69, 9.17) is 5.73 Å².